The summed E-state index contributed by atoms with van der Waals surface area (Å²) < 4.78 is 0. The molecule has 132 valence electrons. The molecule has 0 saturated carbocycles. The molecule has 5 nitrogen and oxygen atoms in total. The highest BCUT2D eigenvalue weighted by atomic mass is 16.2. The van der Waals surface area contributed by atoms with Gasteiger partial charge in [-0.25, -0.2) is 9.97 Å². The summed E-state index contributed by atoms with van der Waals surface area (Å²) in [5.41, 5.74) is 2.63. The Kier molecular flexibility index (Phi) is 5.59. The quantitative estimate of drug-likeness (QED) is 0.740. The minimum absolute atomic E-state index is 0.123. The van der Waals surface area contributed by atoms with E-state index in [0.717, 1.165) is 11.1 Å². The summed E-state index contributed by atoms with van der Waals surface area (Å²) in [5.74, 6) is 1.10. The molecule has 0 saturated heterocycles. The van der Waals surface area contributed by atoms with Crippen LogP contribution >= 0.6 is 0 Å². The maximum absolute atomic E-state index is 12.7. The number of carbonyl (C=O) groups is 1. The summed E-state index contributed by atoms with van der Waals surface area (Å²) in [6.45, 7) is 2.97. The Labute approximate surface area is 153 Å². The first-order valence-electron chi connectivity index (χ1n) is 8.54. The number of aromatic nitrogens is 2. The van der Waals surface area contributed by atoms with Crippen molar-refractivity contribution in [2.24, 2.45) is 0 Å². The van der Waals surface area contributed by atoms with E-state index >= 15 is 0 Å². The van der Waals surface area contributed by atoms with E-state index in [4.69, 9.17) is 0 Å². The summed E-state index contributed by atoms with van der Waals surface area (Å²) in [5, 5.41) is 3.26. The molecule has 0 aliphatic rings. The minimum Gasteiger partial charge on any atom is -0.366 e. The highest BCUT2D eigenvalue weighted by Crippen LogP contribution is 2.12. The van der Waals surface area contributed by atoms with Gasteiger partial charge in [-0.2, -0.15) is 0 Å². The Bertz CT molecular complexity index is 866. The van der Waals surface area contributed by atoms with Crippen LogP contribution in [0.5, 0.6) is 0 Å². The molecular weight excluding hydrogens is 324 g/mol. The number of benzene rings is 2. The topological polar surface area (TPSA) is 58.1 Å². The molecule has 1 heterocycles. The molecular formula is C21H22N4O. The first-order chi connectivity index (χ1) is 12.6. The third-order valence-corrected chi connectivity index (χ3v) is 3.98. The second kappa shape index (κ2) is 8.25. The Morgan fingerprint density at radius 3 is 2.23 bits per heavy atom. The lowest BCUT2D eigenvalue weighted by atomic mass is 10.2. The molecule has 5 heteroatoms. The van der Waals surface area contributed by atoms with E-state index in [2.05, 4.69) is 15.3 Å². The van der Waals surface area contributed by atoms with Crippen molar-refractivity contribution in [3.05, 3.63) is 89.4 Å². The number of aryl methyl sites for hydroxylation is 1. The fourth-order valence-electron chi connectivity index (χ4n) is 2.68. The molecule has 26 heavy (non-hydrogen) atoms. The van der Waals surface area contributed by atoms with Gasteiger partial charge in [-0.05, 0) is 18.1 Å². The smallest absolute Gasteiger partial charge is 0.272 e. The van der Waals surface area contributed by atoms with Crippen molar-refractivity contribution in [3.8, 4) is 0 Å². The minimum atomic E-state index is -0.123. The van der Waals surface area contributed by atoms with Gasteiger partial charge in [0.2, 0.25) is 0 Å². The Balaban J connectivity index is 1.70. The van der Waals surface area contributed by atoms with E-state index in [1.165, 1.54) is 0 Å². The molecule has 3 rings (SSSR count). The van der Waals surface area contributed by atoms with Crippen LogP contribution in [-0.2, 0) is 13.1 Å². The van der Waals surface area contributed by atoms with Gasteiger partial charge in [-0.15, -0.1) is 0 Å². The van der Waals surface area contributed by atoms with Crippen LogP contribution in [0.25, 0.3) is 0 Å². The van der Waals surface area contributed by atoms with Crippen LogP contribution in [0.15, 0.2) is 66.7 Å². The van der Waals surface area contributed by atoms with Crippen LogP contribution in [-0.4, -0.2) is 27.8 Å². The molecule has 0 aliphatic carbocycles. The van der Waals surface area contributed by atoms with Gasteiger partial charge < -0.3 is 10.2 Å². The number of hydrogen-bond donors (Lipinski definition) is 1. The molecule has 0 fully saturated rings. The van der Waals surface area contributed by atoms with Gasteiger partial charge in [-0.1, -0.05) is 60.7 Å². The fraction of sp³-hybridized carbons (Fsp3) is 0.190. The second-order valence-electron chi connectivity index (χ2n) is 6.17. The van der Waals surface area contributed by atoms with E-state index in [0.29, 0.717) is 30.4 Å². The Morgan fingerprint density at radius 2 is 1.58 bits per heavy atom. The van der Waals surface area contributed by atoms with Gasteiger partial charge in [0, 0.05) is 26.2 Å². The van der Waals surface area contributed by atoms with Gasteiger partial charge in [0.1, 0.15) is 17.3 Å². The molecule has 2 aromatic carbocycles. The molecule has 0 spiro atoms. The zero-order chi connectivity index (χ0) is 18.4. The first-order valence-corrected chi connectivity index (χ1v) is 8.54. The zero-order valence-corrected chi connectivity index (χ0v) is 15.0. The molecule has 1 N–H and O–H groups in total. The fourth-order valence-corrected chi connectivity index (χ4v) is 2.68. The van der Waals surface area contributed by atoms with Gasteiger partial charge in [0.25, 0.3) is 5.91 Å². The maximum Gasteiger partial charge on any atom is 0.272 e. The number of rotatable bonds is 6. The van der Waals surface area contributed by atoms with Crippen LogP contribution in [0.2, 0.25) is 0 Å². The highest BCUT2D eigenvalue weighted by Gasteiger charge is 2.15. The largest absolute Gasteiger partial charge is 0.366 e. The van der Waals surface area contributed by atoms with Crippen molar-refractivity contribution in [1.82, 2.24) is 14.9 Å². The van der Waals surface area contributed by atoms with Crippen molar-refractivity contribution >= 4 is 11.7 Å². The summed E-state index contributed by atoms with van der Waals surface area (Å²) in [7, 11) is 1.78. The van der Waals surface area contributed by atoms with Crippen molar-refractivity contribution in [2.75, 3.05) is 12.4 Å². The SMILES string of the molecule is Cc1nc(NCc2ccccc2)cc(C(=O)N(C)Cc2ccccc2)n1. The lowest BCUT2D eigenvalue weighted by Gasteiger charge is -2.17. The van der Waals surface area contributed by atoms with Gasteiger partial charge >= 0.3 is 0 Å². The predicted molar refractivity (Wildman–Crippen MR) is 103 cm³/mol. The standard InChI is InChI=1S/C21H22N4O/c1-16-23-19(21(26)25(2)15-18-11-7-4-8-12-18)13-20(24-16)22-14-17-9-5-3-6-10-17/h3-13H,14-15H2,1-2H3,(H,22,23,24). The number of nitrogens with zero attached hydrogens (tertiary/aromatic N) is 3. The van der Waals surface area contributed by atoms with Crippen molar-refractivity contribution in [3.63, 3.8) is 0 Å². The highest BCUT2D eigenvalue weighted by molar-refractivity contribution is 5.92. The van der Waals surface area contributed by atoms with E-state index < -0.39 is 0 Å². The average molecular weight is 346 g/mol. The number of anilines is 1. The van der Waals surface area contributed by atoms with Crippen LogP contribution in [0, 0.1) is 6.92 Å². The van der Waals surface area contributed by atoms with Gasteiger partial charge in [0.15, 0.2) is 0 Å². The Hall–Kier alpha value is -3.21. The van der Waals surface area contributed by atoms with E-state index in [9.17, 15) is 4.79 Å². The molecule has 1 amide bonds. The third-order valence-electron chi connectivity index (χ3n) is 3.98. The van der Waals surface area contributed by atoms with E-state index in [1.54, 1.807) is 24.9 Å². The van der Waals surface area contributed by atoms with Gasteiger partial charge in [0.05, 0.1) is 0 Å². The average Bonchev–Trinajstić information content (AvgIpc) is 2.67. The van der Waals surface area contributed by atoms with Gasteiger partial charge in [-0.3, -0.25) is 4.79 Å². The predicted octanol–water partition coefficient (Wildman–Crippen LogP) is 3.67. The molecule has 0 atom stereocenters. The number of amides is 1. The summed E-state index contributed by atoms with van der Waals surface area (Å²) in [4.78, 5) is 23.1. The lowest BCUT2D eigenvalue weighted by Crippen LogP contribution is -2.27. The summed E-state index contributed by atoms with van der Waals surface area (Å²) in [6.07, 6.45) is 0. The molecule has 0 unspecified atom stereocenters. The molecule has 0 bridgehead atoms. The molecule has 1 aromatic heterocycles. The molecule has 3 aromatic rings. The number of carbonyl (C=O) groups excluding carboxylic acids is 1. The van der Waals surface area contributed by atoms with Crippen LogP contribution in [0.1, 0.15) is 27.4 Å². The lowest BCUT2D eigenvalue weighted by molar-refractivity contribution is 0.0779. The summed E-state index contributed by atoms with van der Waals surface area (Å²) in [6, 6.07) is 21.7. The van der Waals surface area contributed by atoms with Crippen LogP contribution in [0.3, 0.4) is 0 Å². The molecule has 0 aliphatic heterocycles. The zero-order valence-electron chi connectivity index (χ0n) is 15.0. The van der Waals surface area contributed by atoms with E-state index in [1.807, 2.05) is 60.7 Å². The Morgan fingerprint density at radius 1 is 0.962 bits per heavy atom. The van der Waals surface area contributed by atoms with Crippen LogP contribution in [0.4, 0.5) is 5.82 Å². The van der Waals surface area contributed by atoms with Crippen molar-refractivity contribution in [2.45, 2.75) is 20.0 Å². The molecule has 0 radical (unpaired) electrons. The number of hydrogen-bond acceptors (Lipinski definition) is 4. The second-order valence-corrected chi connectivity index (χ2v) is 6.17. The monoisotopic (exact) mass is 346 g/mol. The first kappa shape index (κ1) is 17.6. The third kappa shape index (κ3) is 4.66. The number of nitrogens with one attached hydrogen (secondary N) is 1. The maximum atomic E-state index is 12.7. The normalized spacial score (nSPS) is 10.4. The van der Waals surface area contributed by atoms with Crippen LogP contribution < -0.4 is 5.32 Å². The van der Waals surface area contributed by atoms with Crippen molar-refractivity contribution < 1.29 is 4.79 Å². The van der Waals surface area contributed by atoms with E-state index in [-0.39, 0.29) is 5.91 Å². The summed E-state index contributed by atoms with van der Waals surface area (Å²) >= 11 is 0. The van der Waals surface area contributed by atoms with Crippen molar-refractivity contribution in [1.29, 1.82) is 0 Å².